The Balaban J connectivity index is 1.95. The molecule has 2 aromatic rings. The van der Waals surface area contributed by atoms with E-state index in [0.717, 1.165) is 0 Å². The molecule has 3 nitrogen and oxygen atoms in total. The second-order valence-corrected chi connectivity index (χ2v) is 6.16. The van der Waals surface area contributed by atoms with Crippen LogP contribution in [0.25, 0.3) is 4.85 Å². The normalized spacial score (nSPS) is 28.1. The van der Waals surface area contributed by atoms with E-state index in [9.17, 15) is 31.4 Å². The Morgan fingerprint density at radius 1 is 1.22 bits per heavy atom. The maximum Gasteiger partial charge on any atom is 0.346 e. The molecule has 0 fully saturated rings. The molecule has 4 rings (SSSR count). The number of benzene rings is 2. The Hall–Kier alpha value is -2.73. The molecule has 0 aromatic heterocycles. The summed E-state index contributed by atoms with van der Waals surface area (Å²) in [5, 5.41) is 10.3. The van der Waals surface area contributed by atoms with Crippen LogP contribution in [0.1, 0.15) is 33.4 Å². The van der Waals surface area contributed by atoms with Crippen LogP contribution in [0.2, 0.25) is 0 Å². The maximum absolute atomic E-state index is 14.6. The third-order valence-electron chi connectivity index (χ3n) is 4.67. The van der Waals surface area contributed by atoms with E-state index >= 15 is 0 Å². The molecule has 2 atom stereocenters. The van der Waals surface area contributed by atoms with Gasteiger partial charge in [-0.3, -0.25) is 0 Å². The second-order valence-electron chi connectivity index (χ2n) is 6.16. The minimum Gasteiger partial charge on any atom is -0.458 e. The topological polar surface area (TPSA) is 33.8 Å². The van der Waals surface area contributed by atoms with Crippen LogP contribution in [0.3, 0.4) is 0 Å². The lowest BCUT2D eigenvalue weighted by Gasteiger charge is -2.30. The molecule has 0 bridgehead atoms. The minimum absolute atomic E-state index is 0.496. The number of hydrogen-bond acceptors (Lipinski definition) is 2. The molecule has 0 saturated heterocycles. The summed E-state index contributed by atoms with van der Waals surface area (Å²) < 4.78 is 114. The fraction of sp³-hybridized carbons (Fsp3) is 0.278. The number of rotatable bonds is 2. The van der Waals surface area contributed by atoms with Gasteiger partial charge in [0.15, 0.2) is 11.3 Å². The van der Waals surface area contributed by atoms with Gasteiger partial charge in [0.1, 0.15) is 23.5 Å². The molecule has 0 radical (unpaired) electrons. The average molecular weight is 388 g/mol. The first-order valence-electron chi connectivity index (χ1n) is 8.95. The van der Waals surface area contributed by atoms with Crippen LogP contribution in [0.15, 0.2) is 30.3 Å². The lowest BCUT2D eigenvalue weighted by molar-refractivity contribution is -0.287. The molecule has 2 aliphatic carbocycles. The fourth-order valence-corrected chi connectivity index (χ4v) is 3.51. The first kappa shape index (κ1) is 14.3. The largest absolute Gasteiger partial charge is 0.458 e. The Morgan fingerprint density at radius 3 is 2.59 bits per heavy atom. The molecule has 2 aliphatic rings. The van der Waals surface area contributed by atoms with Gasteiger partial charge in [0, 0.05) is 29.2 Å². The van der Waals surface area contributed by atoms with Crippen LogP contribution in [-0.4, -0.2) is 11.0 Å². The monoisotopic (exact) mass is 388 g/mol. The molecule has 27 heavy (non-hydrogen) atoms. The quantitative estimate of drug-likeness (QED) is 0.544. The van der Waals surface area contributed by atoms with Gasteiger partial charge in [0.25, 0.3) is 0 Å². The summed E-state index contributed by atoms with van der Waals surface area (Å²) in [4.78, 5) is 2.81. The molecule has 0 aliphatic heterocycles. The summed E-state index contributed by atoms with van der Waals surface area (Å²) in [6.07, 6.45) is -3.74. The molecular weight excluding hydrogens is 376 g/mol. The summed E-state index contributed by atoms with van der Waals surface area (Å²) in [5.41, 5.74) is -7.49. The van der Waals surface area contributed by atoms with Crippen molar-refractivity contribution in [3.63, 3.8) is 0 Å². The van der Waals surface area contributed by atoms with Gasteiger partial charge >= 0.3 is 11.8 Å². The highest BCUT2D eigenvalue weighted by Crippen LogP contribution is 2.68. The van der Waals surface area contributed by atoms with Crippen molar-refractivity contribution in [3.8, 4) is 11.5 Å². The predicted octanol–water partition coefficient (Wildman–Crippen LogP) is 5.51. The number of hydrogen-bond donors (Lipinski definition) is 1. The zero-order valence-electron chi connectivity index (χ0n) is 16.0. The Labute approximate surface area is 152 Å². The number of aliphatic hydroxyl groups is 1. The van der Waals surface area contributed by atoms with Gasteiger partial charge in [-0.1, -0.05) is 0 Å². The zero-order valence-corrected chi connectivity index (χ0v) is 13.0. The highest BCUT2D eigenvalue weighted by molar-refractivity contribution is 5.61. The van der Waals surface area contributed by atoms with Gasteiger partial charge in [-0.2, -0.15) is 17.6 Å². The van der Waals surface area contributed by atoms with E-state index in [0.29, 0.717) is 12.1 Å². The lowest BCUT2D eigenvalue weighted by Crippen LogP contribution is -2.48. The van der Waals surface area contributed by atoms with Crippen LogP contribution >= 0.6 is 0 Å². The number of alkyl halides is 5. The summed E-state index contributed by atoms with van der Waals surface area (Å²) >= 11 is 0. The van der Waals surface area contributed by atoms with E-state index in [4.69, 9.17) is 15.4 Å². The van der Waals surface area contributed by atoms with E-state index in [-0.39, 0.29) is 0 Å². The van der Waals surface area contributed by atoms with Crippen LogP contribution in [0.4, 0.5) is 32.0 Å². The van der Waals surface area contributed by atoms with Crippen molar-refractivity contribution in [3.05, 3.63) is 64.2 Å². The van der Waals surface area contributed by atoms with Gasteiger partial charge < -0.3 is 9.84 Å². The van der Waals surface area contributed by atoms with Crippen LogP contribution in [0, 0.1) is 12.4 Å². The Bertz CT molecular complexity index is 1170. The third kappa shape index (κ3) is 2.07. The van der Waals surface area contributed by atoms with Crippen molar-refractivity contribution in [2.45, 2.75) is 30.0 Å². The summed E-state index contributed by atoms with van der Waals surface area (Å²) in [5.74, 6) is -12.9. The molecule has 9 heteroatoms. The average Bonchev–Trinajstić information content (AvgIpc) is 3.01. The van der Waals surface area contributed by atoms with Gasteiger partial charge in [-0.25, -0.2) is 13.6 Å². The summed E-state index contributed by atoms with van der Waals surface area (Å²) in [6, 6.07) is -1.89. The van der Waals surface area contributed by atoms with Gasteiger partial charge in [-0.05, 0) is 24.2 Å². The molecule has 140 valence electrons. The smallest absolute Gasteiger partial charge is 0.346 e. The van der Waals surface area contributed by atoms with E-state index in [1.54, 1.807) is 0 Å². The molecule has 0 unspecified atom stereocenters. The van der Waals surface area contributed by atoms with Crippen LogP contribution in [-0.2, 0) is 11.5 Å². The van der Waals surface area contributed by atoms with Crippen molar-refractivity contribution in [1.29, 1.82) is 0 Å². The van der Waals surface area contributed by atoms with Gasteiger partial charge in [0.2, 0.25) is 0 Å². The SMILES string of the molecule is [2H]c1c(F)c([2H])c(Oc2ccc3c4c2[C@@H](F)C[C@]4(O)C(F)(F)C3(F)F)c([2H])c1[N+]#[C-]. The van der Waals surface area contributed by atoms with E-state index in [1.165, 1.54) is 0 Å². The van der Waals surface area contributed by atoms with Crippen molar-refractivity contribution in [2.24, 2.45) is 0 Å². The van der Waals surface area contributed by atoms with Gasteiger partial charge in [-0.15, -0.1) is 0 Å². The molecular formula is C18H9F6NO2. The highest BCUT2D eigenvalue weighted by Gasteiger charge is 2.79. The van der Waals surface area contributed by atoms with Crippen LogP contribution < -0.4 is 4.74 Å². The highest BCUT2D eigenvalue weighted by atomic mass is 19.3. The van der Waals surface area contributed by atoms with E-state index < -0.39 is 87.9 Å². The van der Waals surface area contributed by atoms with E-state index in [1.807, 2.05) is 0 Å². The molecule has 0 heterocycles. The third-order valence-corrected chi connectivity index (χ3v) is 4.67. The number of ether oxygens (including phenoxy) is 1. The second kappa shape index (κ2) is 5.16. The molecule has 0 spiro atoms. The van der Waals surface area contributed by atoms with Crippen molar-refractivity contribution >= 4 is 5.69 Å². The Morgan fingerprint density at radius 2 is 1.93 bits per heavy atom. The zero-order chi connectivity index (χ0) is 22.4. The number of nitrogens with zero attached hydrogens (tertiary/aromatic N) is 1. The molecule has 0 saturated carbocycles. The number of halogens is 6. The van der Waals surface area contributed by atoms with Crippen LogP contribution in [0.5, 0.6) is 11.5 Å². The first-order chi connectivity index (χ1) is 13.8. The Kier molecular flexibility index (Phi) is 2.74. The molecule has 1 N–H and O–H groups in total. The standard InChI is InChI=1S/C18H9F6NO2/c1-25-9-4-8(19)5-10(6-9)27-13-3-2-11-15-14(13)12(20)7-16(15,26)18(23,24)17(11,21)22/h2-6,12,26H,7H2/t12-,16+/m0/s1/i4D,5D,6D. The van der Waals surface area contributed by atoms with Crippen molar-refractivity contribution in [2.75, 3.05) is 0 Å². The fourth-order valence-electron chi connectivity index (χ4n) is 3.51. The summed E-state index contributed by atoms with van der Waals surface area (Å²) in [7, 11) is 0. The first-order valence-corrected chi connectivity index (χ1v) is 7.45. The predicted molar refractivity (Wildman–Crippen MR) is 80.4 cm³/mol. The molecule has 0 amide bonds. The van der Waals surface area contributed by atoms with Crippen molar-refractivity contribution in [1.82, 2.24) is 0 Å². The maximum atomic E-state index is 14.6. The molecule has 2 aromatic carbocycles. The van der Waals surface area contributed by atoms with E-state index in [2.05, 4.69) is 4.85 Å². The van der Waals surface area contributed by atoms with Gasteiger partial charge in [0.05, 0.1) is 10.7 Å². The minimum atomic E-state index is -5.01. The summed E-state index contributed by atoms with van der Waals surface area (Å²) in [6.45, 7) is 6.94. The lowest BCUT2D eigenvalue weighted by atomic mass is 9.95. The van der Waals surface area contributed by atoms with Crippen molar-refractivity contribution < 1.29 is 40.3 Å².